The summed E-state index contributed by atoms with van der Waals surface area (Å²) < 4.78 is 17.9. The second-order valence-electron chi connectivity index (χ2n) is 13.4. The van der Waals surface area contributed by atoms with Gasteiger partial charge >= 0.3 is 0 Å². The lowest BCUT2D eigenvalue weighted by atomic mass is 10.1. The maximum Gasteiger partial charge on any atom is 0.149 e. The first-order chi connectivity index (χ1) is 26.8. The molecule has 0 amide bonds. The van der Waals surface area contributed by atoms with Crippen LogP contribution >= 0.6 is 0 Å². The van der Waals surface area contributed by atoms with Crippen LogP contribution in [0.5, 0.6) is 11.5 Å². The Morgan fingerprint density at radius 2 is 1.20 bits per heavy atom. The van der Waals surface area contributed by atoms with Gasteiger partial charge in [0.05, 0.1) is 27.6 Å². The highest BCUT2D eigenvalue weighted by Gasteiger charge is 2.22. The molecule has 0 bridgehead atoms. The lowest BCUT2D eigenvalue weighted by Gasteiger charge is -2.13. The van der Waals surface area contributed by atoms with E-state index in [-0.39, 0.29) is 0 Å². The van der Waals surface area contributed by atoms with Crippen LogP contribution in [-0.2, 0) is 0 Å². The molecule has 0 aliphatic heterocycles. The first-order valence-corrected chi connectivity index (χ1v) is 18.0. The number of ether oxygens (including phenoxy) is 1. The minimum Gasteiger partial charge on any atom is -0.457 e. The molecule has 11 aromatic rings. The molecule has 0 radical (unpaired) electrons. The minimum atomic E-state index is 0.682. The summed E-state index contributed by atoms with van der Waals surface area (Å²) in [6, 6.07) is 60.2. The summed E-state index contributed by atoms with van der Waals surface area (Å²) in [6.45, 7) is 0. The summed E-state index contributed by atoms with van der Waals surface area (Å²) in [7, 11) is 0. The predicted octanol–water partition coefficient (Wildman–Crippen LogP) is 12.5. The topological polar surface area (TPSA) is 58.0 Å². The van der Waals surface area contributed by atoms with Crippen LogP contribution in [0.1, 0.15) is 0 Å². The zero-order chi connectivity index (χ0) is 35.6. The summed E-state index contributed by atoms with van der Waals surface area (Å²) in [5, 5.41) is 4.25. The molecule has 254 valence electrons. The van der Waals surface area contributed by atoms with Crippen LogP contribution in [0.4, 0.5) is 0 Å². The third-order valence-electron chi connectivity index (χ3n) is 10.2. The van der Waals surface area contributed by atoms with Crippen LogP contribution in [0.2, 0.25) is 0 Å². The van der Waals surface area contributed by atoms with Crippen molar-refractivity contribution in [1.29, 1.82) is 0 Å². The van der Waals surface area contributed by atoms with Crippen molar-refractivity contribution >= 4 is 54.8 Å². The lowest BCUT2D eigenvalue weighted by molar-refractivity contribution is 0.484. The van der Waals surface area contributed by atoms with Gasteiger partial charge in [0.1, 0.15) is 34.3 Å². The van der Waals surface area contributed by atoms with E-state index in [0.717, 1.165) is 88.8 Å². The Kier molecular flexibility index (Phi) is 6.75. The lowest BCUT2D eigenvalue weighted by Crippen LogP contribution is -1.98. The zero-order valence-electron chi connectivity index (χ0n) is 28.9. The normalized spacial score (nSPS) is 11.7. The van der Waals surface area contributed by atoms with Crippen molar-refractivity contribution in [2.24, 2.45) is 0 Å². The Bertz CT molecular complexity index is 3190. The summed E-state index contributed by atoms with van der Waals surface area (Å²) in [5.74, 6) is 3.01. The van der Waals surface area contributed by atoms with Crippen molar-refractivity contribution in [3.05, 3.63) is 182 Å². The van der Waals surface area contributed by atoms with E-state index in [1.807, 2.05) is 72.9 Å². The molecule has 4 heterocycles. The summed E-state index contributed by atoms with van der Waals surface area (Å²) in [4.78, 5) is 10.1. The van der Waals surface area contributed by atoms with E-state index in [0.29, 0.717) is 11.5 Å². The van der Waals surface area contributed by atoms with Crippen molar-refractivity contribution in [3.63, 3.8) is 0 Å². The molecular formula is C48H30N4O2. The molecule has 54 heavy (non-hydrogen) atoms. The van der Waals surface area contributed by atoms with Crippen molar-refractivity contribution in [2.45, 2.75) is 0 Å². The SMILES string of the molecule is c1ccc(-c2ccnc(-n3c4ccccc4c4ccc(Oc5cc(-c6nc7ccccc7n6-c6ccccc6)c6oc7ccccc7c6c5)cc43)c2)cc1. The van der Waals surface area contributed by atoms with Crippen molar-refractivity contribution in [3.8, 4) is 45.5 Å². The van der Waals surface area contributed by atoms with Gasteiger partial charge in [-0.2, -0.15) is 0 Å². The molecule has 4 aromatic heterocycles. The van der Waals surface area contributed by atoms with Gasteiger partial charge in [-0.25, -0.2) is 9.97 Å². The Hall–Kier alpha value is -7.44. The second-order valence-corrected chi connectivity index (χ2v) is 13.4. The van der Waals surface area contributed by atoms with Crippen molar-refractivity contribution in [1.82, 2.24) is 19.1 Å². The summed E-state index contributed by atoms with van der Waals surface area (Å²) >= 11 is 0. The van der Waals surface area contributed by atoms with E-state index < -0.39 is 0 Å². The molecular weight excluding hydrogens is 665 g/mol. The Morgan fingerprint density at radius 1 is 0.481 bits per heavy atom. The van der Waals surface area contributed by atoms with Gasteiger partial charge in [0.15, 0.2) is 0 Å². The molecule has 0 spiro atoms. The first-order valence-electron chi connectivity index (χ1n) is 18.0. The van der Waals surface area contributed by atoms with Gasteiger partial charge < -0.3 is 9.15 Å². The van der Waals surface area contributed by atoms with Crippen LogP contribution in [0.3, 0.4) is 0 Å². The minimum absolute atomic E-state index is 0.682. The summed E-state index contributed by atoms with van der Waals surface area (Å²) in [6.07, 6.45) is 1.88. The van der Waals surface area contributed by atoms with Gasteiger partial charge in [-0.3, -0.25) is 9.13 Å². The van der Waals surface area contributed by atoms with Crippen LogP contribution < -0.4 is 4.74 Å². The smallest absolute Gasteiger partial charge is 0.149 e. The van der Waals surface area contributed by atoms with Gasteiger partial charge in [-0.15, -0.1) is 0 Å². The summed E-state index contributed by atoms with van der Waals surface area (Å²) in [5.41, 5.74) is 9.67. The number of hydrogen-bond acceptors (Lipinski definition) is 4. The molecule has 0 atom stereocenters. The van der Waals surface area contributed by atoms with Gasteiger partial charge in [-0.1, -0.05) is 97.1 Å². The van der Waals surface area contributed by atoms with E-state index in [9.17, 15) is 0 Å². The highest BCUT2D eigenvalue weighted by molar-refractivity contribution is 6.11. The molecule has 0 fully saturated rings. The monoisotopic (exact) mass is 694 g/mol. The van der Waals surface area contributed by atoms with Gasteiger partial charge in [0.2, 0.25) is 0 Å². The number of aromatic nitrogens is 4. The number of para-hydroxylation sites is 5. The molecule has 6 nitrogen and oxygen atoms in total. The largest absolute Gasteiger partial charge is 0.457 e. The third-order valence-corrected chi connectivity index (χ3v) is 10.2. The Morgan fingerprint density at radius 3 is 2.07 bits per heavy atom. The average molecular weight is 695 g/mol. The van der Waals surface area contributed by atoms with E-state index in [1.165, 1.54) is 0 Å². The Labute approximate surface area is 309 Å². The van der Waals surface area contributed by atoms with Crippen LogP contribution in [-0.4, -0.2) is 19.1 Å². The fourth-order valence-corrected chi connectivity index (χ4v) is 7.82. The first kappa shape index (κ1) is 30.2. The molecule has 0 saturated heterocycles. The molecule has 6 heteroatoms. The van der Waals surface area contributed by atoms with Crippen molar-refractivity contribution in [2.75, 3.05) is 0 Å². The van der Waals surface area contributed by atoms with Gasteiger partial charge in [0, 0.05) is 39.5 Å². The maximum atomic E-state index is 6.86. The highest BCUT2D eigenvalue weighted by Crippen LogP contribution is 2.42. The predicted molar refractivity (Wildman–Crippen MR) is 218 cm³/mol. The number of furan rings is 1. The fraction of sp³-hybridized carbons (Fsp3) is 0. The van der Waals surface area contributed by atoms with Crippen LogP contribution in [0, 0.1) is 0 Å². The number of rotatable bonds is 6. The average Bonchev–Trinajstić information content (AvgIpc) is 3.91. The standard InChI is InChI=1S/C48H30N4O2/c1-3-13-31(14-4-1)32-25-26-49-46(27-32)52-42-20-10-7-17-36(42)37-24-23-34(30-44(37)52)53-35-28-39-38-18-8-12-22-45(38)54-47(39)40(29-35)48-50-41-19-9-11-21-43(41)51(48)33-15-5-2-6-16-33/h1-30H. The number of imidazole rings is 1. The highest BCUT2D eigenvalue weighted by atomic mass is 16.5. The second kappa shape index (κ2) is 12.1. The Balaban J connectivity index is 1.10. The molecule has 11 rings (SSSR count). The number of nitrogens with zero attached hydrogens (tertiary/aromatic N) is 4. The number of hydrogen-bond donors (Lipinski definition) is 0. The van der Waals surface area contributed by atoms with E-state index in [2.05, 4.69) is 118 Å². The van der Waals surface area contributed by atoms with Gasteiger partial charge in [0.25, 0.3) is 0 Å². The molecule has 7 aromatic carbocycles. The van der Waals surface area contributed by atoms with Gasteiger partial charge in [-0.05, 0) is 83.9 Å². The maximum absolute atomic E-state index is 6.86. The third kappa shape index (κ3) is 4.81. The van der Waals surface area contributed by atoms with E-state index >= 15 is 0 Å². The number of pyridine rings is 1. The fourth-order valence-electron chi connectivity index (χ4n) is 7.82. The van der Waals surface area contributed by atoms with Crippen molar-refractivity contribution < 1.29 is 9.15 Å². The zero-order valence-corrected chi connectivity index (χ0v) is 28.9. The van der Waals surface area contributed by atoms with Crippen LogP contribution in [0.25, 0.3) is 88.8 Å². The quantitative estimate of drug-likeness (QED) is 0.174. The van der Waals surface area contributed by atoms with E-state index in [4.69, 9.17) is 19.1 Å². The molecule has 0 aliphatic carbocycles. The molecule has 0 N–H and O–H groups in total. The van der Waals surface area contributed by atoms with E-state index in [1.54, 1.807) is 0 Å². The molecule has 0 aliphatic rings. The number of fused-ring (bicyclic) bond motifs is 7. The molecule has 0 unspecified atom stereocenters. The number of benzene rings is 7. The molecule has 0 saturated carbocycles. The van der Waals surface area contributed by atoms with Crippen LogP contribution in [0.15, 0.2) is 187 Å².